The number of hydrogen-bond acceptors (Lipinski definition) is 5. The fraction of sp³-hybridized carbons (Fsp3) is 0.652. The molecule has 0 spiro atoms. The molecule has 9 heteroatoms. The molecular weight excluding hydrogens is 523 g/mol. The maximum Gasteiger partial charge on any atom is 0.409 e. The summed E-state index contributed by atoms with van der Waals surface area (Å²) in [5, 5.41) is 6.83. The minimum atomic E-state index is -0.219. The summed E-state index contributed by atoms with van der Waals surface area (Å²) < 4.78 is 16.0. The number of aliphatic imine (C=N–C) groups is 1. The van der Waals surface area contributed by atoms with Crippen LogP contribution in [0.4, 0.5) is 4.79 Å². The van der Waals surface area contributed by atoms with Crippen molar-refractivity contribution in [2.75, 3.05) is 46.1 Å². The van der Waals surface area contributed by atoms with Gasteiger partial charge in [0.25, 0.3) is 0 Å². The van der Waals surface area contributed by atoms with E-state index in [-0.39, 0.29) is 36.1 Å². The number of carbonyl (C=O) groups is 1. The third kappa shape index (κ3) is 10.8. The fourth-order valence-electron chi connectivity index (χ4n) is 3.37. The number of amides is 1. The van der Waals surface area contributed by atoms with Crippen molar-refractivity contribution in [3.05, 3.63) is 35.4 Å². The van der Waals surface area contributed by atoms with Gasteiger partial charge < -0.3 is 29.7 Å². The van der Waals surface area contributed by atoms with Crippen LogP contribution in [0.15, 0.2) is 29.3 Å². The van der Waals surface area contributed by atoms with Crippen molar-refractivity contribution < 1.29 is 19.0 Å². The highest BCUT2D eigenvalue weighted by molar-refractivity contribution is 14.0. The molecule has 2 rings (SSSR count). The van der Waals surface area contributed by atoms with Gasteiger partial charge in [-0.25, -0.2) is 9.79 Å². The molecule has 1 heterocycles. The topological polar surface area (TPSA) is 84.4 Å². The Hall–Kier alpha value is -1.59. The summed E-state index contributed by atoms with van der Waals surface area (Å²) >= 11 is 0. The Morgan fingerprint density at radius 3 is 2.50 bits per heavy atom. The molecule has 0 saturated carbocycles. The molecule has 0 atom stereocenters. The molecule has 32 heavy (non-hydrogen) atoms. The second kappa shape index (κ2) is 17.0. The number of carbonyl (C=O) groups excluding carboxylic acids is 1. The van der Waals surface area contributed by atoms with E-state index in [4.69, 9.17) is 19.2 Å². The second-order valence-electron chi connectivity index (χ2n) is 7.37. The first kappa shape index (κ1) is 28.4. The van der Waals surface area contributed by atoms with Gasteiger partial charge in [-0.2, -0.15) is 0 Å². The van der Waals surface area contributed by atoms with Crippen molar-refractivity contribution in [1.29, 1.82) is 0 Å². The molecule has 1 aliphatic heterocycles. The first-order chi connectivity index (χ1) is 15.2. The lowest BCUT2D eigenvalue weighted by atomic mass is 10.1. The molecule has 182 valence electrons. The van der Waals surface area contributed by atoms with Crippen LogP contribution in [0.1, 0.15) is 44.7 Å². The number of nitrogens with one attached hydrogen (secondary N) is 2. The molecular formula is C23H39IN4O4. The zero-order valence-electron chi connectivity index (χ0n) is 19.6. The fourth-order valence-corrected chi connectivity index (χ4v) is 3.37. The third-order valence-electron chi connectivity index (χ3n) is 4.96. The van der Waals surface area contributed by atoms with Gasteiger partial charge in [-0.3, -0.25) is 0 Å². The van der Waals surface area contributed by atoms with Crippen molar-refractivity contribution in [2.45, 2.75) is 52.8 Å². The Bertz CT molecular complexity index is 682. The molecule has 2 N–H and O–H groups in total. The predicted molar refractivity (Wildman–Crippen MR) is 138 cm³/mol. The van der Waals surface area contributed by atoms with Crippen LogP contribution < -0.4 is 10.6 Å². The molecule has 1 aliphatic rings. The van der Waals surface area contributed by atoms with Crippen molar-refractivity contribution in [2.24, 2.45) is 4.99 Å². The van der Waals surface area contributed by atoms with Crippen LogP contribution >= 0.6 is 24.0 Å². The van der Waals surface area contributed by atoms with Crippen LogP contribution in [-0.4, -0.2) is 69.1 Å². The summed E-state index contributed by atoms with van der Waals surface area (Å²) in [7, 11) is 0. The molecule has 8 nitrogen and oxygen atoms in total. The Morgan fingerprint density at radius 2 is 1.81 bits per heavy atom. The largest absolute Gasteiger partial charge is 0.450 e. The number of piperidine rings is 1. The molecule has 1 aromatic carbocycles. The van der Waals surface area contributed by atoms with Gasteiger partial charge in [0.15, 0.2) is 5.96 Å². The van der Waals surface area contributed by atoms with Crippen LogP contribution in [0.5, 0.6) is 0 Å². The monoisotopic (exact) mass is 562 g/mol. The Balaban J connectivity index is 0.00000512. The smallest absolute Gasteiger partial charge is 0.409 e. The quantitative estimate of drug-likeness (QED) is 0.186. The highest BCUT2D eigenvalue weighted by Gasteiger charge is 2.24. The molecule has 0 radical (unpaired) electrons. The number of guanidine groups is 1. The van der Waals surface area contributed by atoms with Gasteiger partial charge in [0.2, 0.25) is 0 Å². The van der Waals surface area contributed by atoms with E-state index in [2.05, 4.69) is 35.8 Å². The molecule has 0 aliphatic carbocycles. The molecule has 1 fully saturated rings. The molecule has 1 aromatic rings. The van der Waals surface area contributed by atoms with Gasteiger partial charge in [0.1, 0.15) is 0 Å². The number of ether oxygens (including phenoxy) is 3. The van der Waals surface area contributed by atoms with Gasteiger partial charge in [-0.15, -0.1) is 24.0 Å². The summed E-state index contributed by atoms with van der Waals surface area (Å²) in [5.74, 6) is 0.801. The number of likely N-dealkylation sites (tertiary alicyclic amines) is 1. The van der Waals surface area contributed by atoms with Crippen molar-refractivity contribution in [3.8, 4) is 0 Å². The van der Waals surface area contributed by atoms with Gasteiger partial charge in [0, 0.05) is 32.3 Å². The Kier molecular flexibility index (Phi) is 15.1. The zero-order chi connectivity index (χ0) is 22.3. The van der Waals surface area contributed by atoms with E-state index < -0.39 is 0 Å². The van der Waals surface area contributed by atoms with Crippen LogP contribution in [-0.2, 0) is 27.4 Å². The normalized spacial score (nSPS) is 14.6. The van der Waals surface area contributed by atoms with E-state index >= 15 is 0 Å². The molecule has 0 bridgehead atoms. The summed E-state index contributed by atoms with van der Waals surface area (Å²) in [4.78, 5) is 18.4. The lowest BCUT2D eigenvalue weighted by Gasteiger charge is -2.32. The van der Waals surface area contributed by atoms with E-state index in [9.17, 15) is 4.79 Å². The van der Waals surface area contributed by atoms with Crippen molar-refractivity contribution >= 4 is 36.0 Å². The molecule has 1 amide bonds. The second-order valence-corrected chi connectivity index (χ2v) is 7.37. The van der Waals surface area contributed by atoms with E-state index in [1.807, 2.05) is 19.9 Å². The lowest BCUT2D eigenvalue weighted by molar-refractivity contribution is 0.0453. The average Bonchev–Trinajstić information content (AvgIpc) is 2.78. The highest BCUT2D eigenvalue weighted by Crippen LogP contribution is 2.12. The standard InChI is InChI=1S/C23H38N4O4.HI/c1-4-24-22(26-21-10-12-27(13-11-21)23(28)31-6-3)25-17-19-8-7-9-20(16-19)18-30-15-14-29-5-2;/h7-9,16,21H,4-6,10-15,17-18H2,1-3H3,(H2,24,25,26);1H. The van der Waals surface area contributed by atoms with E-state index in [1.54, 1.807) is 4.90 Å². The van der Waals surface area contributed by atoms with Gasteiger partial charge in [-0.1, -0.05) is 24.3 Å². The van der Waals surface area contributed by atoms with Crippen molar-refractivity contribution in [3.63, 3.8) is 0 Å². The van der Waals surface area contributed by atoms with E-state index in [0.29, 0.717) is 52.7 Å². The van der Waals surface area contributed by atoms with Crippen LogP contribution in [0.25, 0.3) is 0 Å². The number of benzene rings is 1. The minimum absolute atomic E-state index is 0. The maximum absolute atomic E-state index is 11.9. The number of hydrogen-bond donors (Lipinski definition) is 2. The SMILES string of the molecule is CCNC(=NCc1cccc(COCCOCC)c1)NC1CCN(C(=O)OCC)CC1.I. The predicted octanol–water partition coefficient (Wildman–Crippen LogP) is 3.53. The first-order valence-electron chi connectivity index (χ1n) is 11.4. The number of nitrogens with zero attached hydrogens (tertiary/aromatic N) is 2. The lowest BCUT2D eigenvalue weighted by Crippen LogP contribution is -2.49. The van der Waals surface area contributed by atoms with E-state index in [1.165, 1.54) is 0 Å². The first-order valence-corrected chi connectivity index (χ1v) is 11.4. The summed E-state index contributed by atoms with van der Waals surface area (Å²) in [6, 6.07) is 8.60. The minimum Gasteiger partial charge on any atom is -0.450 e. The zero-order valence-corrected chi connectivity index (χ0v) is 21.9. The number of rotatable bonds is 11. The summed E-state index contributed by atoms with van der Waals surface area (Å²) in [5.41, 5.74) is 2.27. The average molecular weight is 562 g/mol. The highest BCUT2D eigenvalue weighted by atomic mass is 127. The summed E-state index contributed by atoms with van der Waals surface area (Å²) in [6.07, 6.45) is 1.53. The van der Waals surface area contributed by atoms with Crippen LogP contribution in [0, 0.1) is 0 Å². The van der Waals surface area contributed by atoms with Crippen LogP contribution in [0.3, 0.4) is 0 Å². The number of halogens is 1. The van der Waals surface area contributed by atoms with Gasteiger partial charge in [-0.05, 0) is 44.7 Å². The molecule has 1 saturated heterocycles. The Morgan fingerprint density at radius 1 is 1.09 bits per heavy atom. The third-order valence-corrected chi connectivity index (χ3v) is 4.96. The summed E-state index contributed by atoms with van der Waals surface area (Å²) in [6.45, 7) is 11.6. The van der Waals surface area contributed by atoms with Crippen molar-refractivity contribution in [1.82, 2.24) is 15.5 Å². The van der Waals surface area contributed by atoms with E-state index in [0.717, 1.165) is 36.5 Å². The Labute approximate surface area is 209 Å². The maximum atomic E-state index is 11.9. The molecule has 0 unspecified atom stereocenters. The molecule has 0 aromatic heterocycles. The van der Waals surface area contributed by atoms with Crippen LogP contribution in [0.2, 0.25) is 0 Å². The van der Waals surface area contributed by atoms with Gasteiger partial charge >= 0.3 is 6.09 Å². The van der Waals surface area contributed by atoms with Gasteiger partial charge in [0.05, 0.1) is 33.0 Å².